The average Bonchev–Trinajstić information content (AvgIpc) is 4.09. The fourth-order valence-corrected chi connectivity index (χ4v) is 9.75. The molecule has 1 aromatic carbocycles. The van der Waals surface area contributed by atoms with Crippen LogP contribution in [0.2, 0.25) is 0 Å². The number of alkyl carbamates (subject to hydrolysis) is 1. The molecule has 1 aromatic heterocycles. The number of ether oxygens (including phenoxy) is 3. The minimum Gasteiger partial charge on any atom is -0.497 e. The number of benzene rings is 1. The highest BCUT2D eigenvalue weighted by Crippen LogP contribution is 2.50. The third kappa shape index (κ3) is 9.68. The number of nitrogens with one attached hydrogen (secondary N) is 3. The second-order valence-electron chi connectivity index (χ2n) is 18.6. The number of methoxy groups -OCH3 is 1. The van der Waals surface area contributed by atoms with Crippen molar-refractivity contribution in [2.75, 3.05) is 13.7 Å². The second-order valence-corrected chi connectivity index (χ2v) is 20.8. The van der Waals surface area contributed by atoms with Gasteiger partial charge >= 0.3 is 6.09 Å². The van der Waals surface area contributed by atoms with Gasteiger partial charge in [0.15, 0.2) is 5.69 Å². The molecular formula is C42H58F4N6O9S. The van der Waals surface area contributed by atoms with E-state index >= 15 is 8.78 Å². The van der Waals surface area contributed by atoms with Gasteiger partial charge in [-0.1, -0.05) is 47.0 Å². The van der Waals surface area contributed by atoms with Crippen LogP contribution in [0.5, 0.6) is 11.6 Å². The van der Waals surface area contributed by atoms with E-state index in [1.807, 2.05) is 4.72 Å². The molecule has 344 valence electrons. The van der Waals surface area contributed by atoms with Gasteiger partial charge in [-0.15, -0.1) is 0 Å². The predicted octanol–water partition coefficient (Wildman–Crippen LogP) is 6.13. The van der Waals surface area contributed by atoms with E-state index in [1.165, 1.54) is 26.2 Å². The van der Waals surface area contributed by atoms with Gasteiger partial charge in [0.1, 0.15) is 35.6 Å². The minimum atomic E-state index is -4.32. The zero-order valence-corrected chi connectivity index (χ0v) is 37.0. The number of rotatable bonds is 9. The van der Waals surface area contributed by atoms with E-state index in [-0.39, 0.29) is 36.7 Å². The molecule has 4 amide bonds. The average molecular weight is 899 g/mol. The van der Waals surface area contributed by atoms with E-state index in [0.717, 1.165) is 4.90 Å². The molecule has 3 fully saturated rings. The summed E-state index contributed by atoms with van der Waals surface area (Å²) in [6.07, 6.45) is -4.05. The minimum absolute atomic E-state index is 0.111. The topological polar surface area (TPSA) is 195 Å². The number of aromatic nitrogens is 2. The maximum absolute atomic E-state index is 16.4. The monoisotopic (exact) mass is 898 g/mol. The molecule has 1 saturated heterocycles. The number of carbonyl (C=O) groups excluding carboxylic acids is 4. The number of alkyl halides is 4. The Hall–Kier alpha value is -4.49. The van der Waals surface area contributed by atoms with Gasteiger partial charge in [-0.3, -0.25) is 19.1 Å². The number of hydrogen-bond donors (Lipinski definition) is 3. The number of halogens is 4. The van der Waals surface area contributed by atoms with Crippen molar-refractivity contribution in [2.45, 2.75) is 159 Å². The summed E-state index contributed by atoms with van der Waals surface area (Å²) < 4.78 is 106. The van der Waals surface area contributed by atoms with Crippen LogP contribution in [-0.2, 0) is 35.1 Å². The molecule has 0 spiro atoms. The third-order valence-corrected chi connectivity index (χ3v) is 14.8. The van der Waals surface area contributed by atoms with Gasteiger partial charge in [0.05, 0.1) is 35.4 Å². The Morgan fingerprint density at radius 2 is 1.74 bits per heavy atom. The van der Waals surface area contributed by atoms with Crippen molar-refractivity contribution in [1.29, 1.82) is 0 Å². The molecule has 15 nitrogen and oxygen atoms in total. The van der Waals surface area contributed by atoms with Crippen LogP contribution in [0, 0.1) is 17.3 Å². The lowest BCUT2D eigenvalue weighted by Gasteiger charge is -2.36. The molecule has 62 heavy (non-hydrogen) atoms. The van der Waals surface area contributed by atoms with Crippen LogP contribution < -0.4 is 24.8 Å². The molecule has 0 radical (unpaired) electrons. The molecule has 4 aliphatic rings. The number of carbonyl (C=O) groups is 4. The molecule has 20 heteroatoms. The Morgan fingerprint density at radius 1 is 1.05 bits per heavy atom. The lowest BCUT2D eigenvalue weighted by atomic mass is 9.85. The quantitative estimate of drug-likeness (QED) is 0.245. The van der Waals surface area contributed by atoms with Crippen LogP contribution in [0.3, 0.4) is 0 Å². The number of cyclic esters (lactones) is 1. The molecule has 6 rings (SSSR count). The third-order valence-electron chi connectivity index (χ3n) is 12.7. The van der Waals surface area contributed by atoms with Crippen LogP contribution in [0.1, 0.15) is 118 Å². The summed E-state index contributed by atoms with van der Waals surface area (Å²) in [6.45, 7) is 9.42. The van der Waals surface area contributed by atoms with Gasteiger partial charge in [0.25, 0.3) is 11.8 Å². The van der Waals surface area contributed by atoms with Gasteiger partial charge in [-0.2, -0.15) is 8.78 Å². The van der Waals surface area contributed by atoms with E-state index in [0.29, 0.717) is 37.9 Å². The molecule has 2 aromatic rings. The van der Waals surface area contributed by atoms with Crippen molar-refractivity contribution in [2.24, 2.45) is 17.3 Å². The summed E-state index contributed by atoms with van der Waals surface area (Å²) in [5, 5.41) is 5.08. The van der Waals surface area contributed by atoms with Crippen molar-refractivity contribution in [3.8, 4) is 11.6 Å². The van der Waals surface area contributed by atoms with Crippen molar-refractivity contribution in [1.82, 2.24) is 30.2 Å². The summed E-state index contributed by atoms with van der Waals surface area (Å²) in [5.74, 6) is -9.78. The summed E-state index contributed by atoms with van der Waals surface area (Å²) in [4.78, 5) is 66.8. The van der Waals surface area contributed by atoms with Crippen LogP contribution >= 0.6 is 0 Å². The first kappa shape index (κ1) is 47.0. The highest BCUT2D eigenvalue weighted by molar-refractivity contribution is 7.91. The molecule has 2 aliphatic carbocycles. The number of hydrogen-bond acceptors (Lipinski definition) is 11. The lowest BCUT2D eigenvalue weighted by molar-refractivity contribution is -0.144. The second kappa shape index (κ2) is 17.6. The Bertz CT molecular complexity index is 2150. The zero-order chi connectivity index (χ0) is 45.6. The normalized spacial score (nSPS) is 29.2. The highest BCUT2D eigenvalue weighted by atomic mass is 32.2. The van der Waals surface area contributed by atoms with Crippen molar-refractivity contribution >= 4 is 44.9 Å². The Labute approximate surface area is 359 Å². The van der Waals surface area contributed by atoms with Gasteiger partial charge in [-0.25, -0.2) is 32.0 Å². The first-order valence-corrected chi connectivity index (χ1v) is 22.8. The molecule has 2 bridgehead atoms. The summed E-state index contributed by atoms with van der Waals surface area (Å²) in [7, 11) is -2.90. The van der Waals surface area contributed by atoms with Crippen LogP contribution in [-0.4, -0.2) is 102 Å². The van der Waals surface area contributed by atoms with E-state index < -0.39 is 129 Å². The Kier molecular flexibility index (Phi) is 13.3. The van der Waals surface area contributed by atoms with Gasteiger partial charge in [0, 0.05) is 18.4 Å². The number of amides is 4. The Morgan fingerprint density at radius 3 is 2.35 bits per heavy atom. The van der Waals surface area contributed by atoms with Crippen LogP contribution in [0.15, 0.2) is 18.2 Å². The highest BCUT2D eigenvalue weighted by Gasteiger charge is 2.68. The number of fused-ring (bicyclic) bond motifs is 4. The van der Waals surface area contributed by atoms with E-state index in [1.54, 1.807) is 40.7 Å². The van der Waals surface area contributed by atoms with Gasteiger partial charge in [-0.05, 0) is 76.3 Å². The Balaban J connectivity index is 1.46. The molecule has 2 saturated carbocycles. The molecule has 2 aliphatic heterocycles. The largest absolute Gasteiger partial charge is 0.497 e. The van der Waals surface area contributed by atoms with Gasteiger partial charge in [0.2, 0.25) is 34.1 Å². The van der Waals surface area contributed by atoms with Gasteiger partial charge < -0.3 is 29.7 Å². The first-order valence-electron chi connectivity index (χ1n) is 21.3. The predicted molar refractivity (Wildman–Crippen MR) is 218 cm³/mol. The number of sulfonamides is 1. The summed E-state index contributed by atoms with van der Waals surface area (Å²) in [6, 6.07) is 1.57. The van der Waals surface area contributed by atoms with Crippen molar-refractivity contribution < 1.29 is 59.4 Å². The maximum Gasteiger partial charge on any atom is 0.408 e. The molecule has 7 atom stereocenters. The standard InChI is InChI=1S/C42H58F4N6O9S/c1-8-13-25-29-22-52(30(25)34(53)50-41(21-26(41)33(43)44)37(55)51-62(57,58)40(6)18-19-40)36(54)32(39(3,4)5)49-38(56)60-23(2)14-11-9-10-12-17-42(45,46)31-35(61-29)48-28-20-24(59-7)15-16-27(28)47-31/h15-16,20,23,25-26,29-30,32-33H,8-14,17-19,21-22H2,1-7H3,(H,49,56)(H,50,53)(H,51,55)/t23-,25+,26-,29-,30-,32+,41+/m0/s1. The maximum atomic E-state index is 16.4. The van der Waals surface area contributed by atoms with E-state index in [9.17, 15) is 36.4 Å². The summed E-state index contributed by atoms with van der Waals surface area (Å²) >= 11 is 0. The van der Waals surface area contributed by atoms with E-state index in [2.05, 4.69) is 20.6 Å². The molecule has 3 heterocycles. The summed E-state index contributed by atoms with van der Waals surface area (Å²) in [5.41, 5.74) is -3.85. The molecule has 3 N–H and O–H groups in total. The fourth-order valence-electron chi connectivity index (χ4n) is 8.44. The smallest absolute Gasteiger partial charge is 0.408 e. The lowest BCUT2D eigenvalue weighted by Crippen LogP contribution is -2.61. The SMILES string of the molecule is CCC[C@@H]1[C@@H]2CN(C(=O)[C@H](C(C)(C)C)NC(=O)O[C@@H](C)CCCCCCC(F)(F)c3nc4ccc(OC)cc4nc3O2)[C@@H]1C(=O)N[C@]1(C(=O)NS(=O)(=O)C2(C)CC2)C[C@H]1C(F)F. The van der Waals surface area contributed by atoms with Crippen molar-refractivity contribution in [3.63, 3.8) is 0 Å². The fraction of sp³-hybridized carbons (Fsp3) is 0.714. The first-order chi connectivity index (χ1) is 29.0. The zero-order valence-electron chi connectivity index (χ0n) is 36.2. The van der Waals surface area contributed by atoms with Crippen molar-refractivity contribution in [3.05, 3.63) is 23.9 Å². The van der Waals surface area contributed by atoms with Crippen LogP contribution in [0.4, 0.5) is 22.4 Å². The van der Waals surface area contributed by atoms with E-state index in [4.69, 9.17) is 14.2 Å². The number of nitrogens with zero attached hydrogens (tertiary/aromatic N) is 3. The molecular weight excluding hydrogens is 841 g/mol. The van der Waals surface area contributed by atoms with Crippen LogP contribution in [0.25, 0.3) is 11.0 Å². The molecule has 0 unspecified atom stereocenters.